The van der Waals surface area contributed by atoms with Crippen LogP contribution in [-0.4, -0.2) is 36.9 Å². The van der Waals surface area contributed by atoms with Gasteiger partial charge >= 0.3 is 0 Å². The number of rotatable bonds is 6. The fourth-order valence-electron chi connectivity index (χ4n) is 1.84. The number of hydrogen-bond donors (Lipinski definition) is 1. The second-order valence-corrected chi connectivity index (χ2v) is 4.31. The predicted octanol–water partition coefficient (Wildman–Crippen LogP) is 1.13. The summed E-state index contributed by atoms with van der Waals surface area (Å²) in [6.07, 6.45) is 0. The van der Waals surface area contributed by atoms with Crippen molar-refractivity contribution in [1.29, 1.82) is 0 Å². The van der Waals surface area contributed by atoms with E-state index in [9.17, 15) is 9.59 Å². The van der Waals surface area contributed by atoms with Crippen LogP contribution in [0.1, 0.15) is 25.3 Å². The Bertz CT molecular complexity index is 443. The molecule has 2 amide bonds. The average molecular weight is 264 g/mol. The minimum atomic E-state index is -0.503. The van der Waals surface area contributed by atoms with Gasteiger partial charge in [-0.25, -0.2) is 0 Å². The number of nitrogens with zero attached hydrogens (tertiary/aromatic N) is 1. The summed E-state index contributed by atoms with van der Waals surface area (Å²) in [4.78, 5) is 24.6. The van der Waals surface area contributed by atoms with Gasteiger partial charge in [0.15, 0.2) is 0 Å². The molecule has 104 valence electrons. The molecular weight excluding hydrogens is 244 g/mol. The molecule has 0 aromatic heterocycles. The summed E-state index contributed by atoms with van der Waals surface area (Å²) < 4.78 is 5.07. The molecule has 1 aromatic rings. The summed E-state index contributed by atoms with van der Waals surface area (Å²) in [5, 5.41) is 0. The topological polar surface area (TPSA) is 72.6 Å². The summed E-state index contributed by atoms with van der Waals surface area (Å²) in [5.41, 5.74) is 6.02. The zero-order valence-electron chi connectivity index (χ0n) is 11.6. The molecule has 1 aromatic carbocycles. The number of ether oxygens (including phenoxy) is 1. The van der Waals surface area contributed by atoms with Crippen LogP contribution in [0.2, 0.25) is 0 Å². The maximum Gasteiger partial charge on any atom is 0.237 e. The molecule has 0 heterocycles. The van der Waals surface area contributed by atoms with Gasteiger partial charge in [-0.05, 0) is 31.5 Å². The molecule has 0 aliphatic rings. The Hall–Kier alpha value is -2.04. The number of primary amides is 1. The van der Waals surface area contributed by atoms with Gasteiger partial charge in [0, 0.05) is 6.54 Å². The summed E-state index contributed by atoms with van der Waals surface area (Å²) >= 11 is 0. The number of carbonyl (C=O) groups excluding carboxylic acids is 2. The van der Waals surface area contributed by atoms with Crippen molar-refractivity contribution < 1.29 is 14.3 Å². The van der Waals surface area contributed by atoms with E-state index in [2.05, 4.69) is 0 Å². The van der Waals surface area contributed by atoms with E-state index in [-0.39, 0.29) is 18.4 Å². The highest BCUT2D eigenvalue weighted by Crippen LogP contribution is 2.21. The number of amides is 2. The van der Waals surface area contributed by atoms with Gasteiger partial charge in [0.25, 0.3) is 0 Å². The third-order valence-electron chi connectivity index (χ3n) is 3.03. The lowest BCUT2D eigenvalue weighted by molar-refractivity contribution is -0.135. The number of carbonyl (C=O) groups is 2. The summed E-state index contributed by atoms with van der Waals surface area (Å²) in [6.45, 7) is 4.05. The highest BCUT2D eigenvalue weighted by Gasteiger charge is 2.21. The highest BCUT2D eigenvalue weighted by atomic mass is 16.5. The summed E-state index contributed by atoms with van der Waals surface area (Å²) in [5.74, 6) is -0.179. The molecule has 1 unspecified atom stereocenters. The van der Waals surface area contributed by atoms with E-state index in [1.807, 2.05) is 38.1 Å². The molecule has 0 bridgehead atoms. The third kappa shape index (κ3) is 3.98. The van der Waals surface area contributed by atoms with Gasteiger partial charge in [0.2, 0.25) is 11.8 Å². The molecular formula is C14H20N2O3. The summed E-state index contributed by atoms with van der Waals surface area (Å²) in [6, 6.07) is 7.31. The molecule has 0 aliphatic carbocycles. The van der Waals surface area contributed by atoms with Gasteiger partial charge in [-0.3, -0.25) is 9.59 Å². The van der Waals surface area contributed by atoms with Crippen LogP contribution in [0, 0.1) is 0 Å². The Kier molecular flexibility index (Phi) is 5.36. The lowest BCUT2D eigenvalue weighted by atomic mass is 9.99. The van der Waals surface area contributed by atoms with Crippen molar-refractivity contribution in [1.82, 2.24) is 4.90 Å². The van der Waals surface area contributed by atoms with Crippen molar-refractivity contribution in [2.24, 2.45) is 5.73 Å². The van der Waals surface area contributed by atoms with E-state index in [0.29, 0.717) is 6.54 Å². The first kappa shape index (κ1) is 15.0. The Morgan fingerprint density at radius 1 is 1.32 bits per heavy atom. The van der Waals surface area contributed by atoms with Crippen molar-refractivity contribution >= 4 is 11.8 Å². The lowest BCUT2D eigenvalue weighted by Crippen LogP contribution is -2.40. The minimum Gasteiger partial charge on any atom is -0.497 e. The van der Waals surface area contributed by atoms with Crippen LogP contribution in [-0.2, 0) is 9.59 Å². The van der Waals surface area contributed by atoms with Crippen molar-refractivity contribution in [3.05, 3.63) is 29.8 Å². The van der Waals surface area contributed by atoms with Crippen LogP contribution in [0.4, 0.5) is 0 Å². The van der Waals surface area contributed by atoms with Crippen LogP contribution >= 0.6 is 0 Å². The van der Waals surface area contributed by atoms with E-state index >= 15 is 0 Å². The van der Waals surface area contributed by atoms with Crippen LogP contribution in [0.15, 0.2) is 24.3 Å². The van der Waals surface area contributed by atoms with Gasteiger partial charge in [-0.1, -0.05) is 12.1 Å². The Labute approximate surface area is 113 Å². The van der Waals surface area contributed by atoms with E-state index in [4.69, 9.17) is 10.5 Å². The number of methoxy groups -OCH3 is 1. The minimum absolute atomic E-state index is 0.0458. The molecule has 0 aliphatic heterocycles. The molecule has 5 heteroatoms. The third-order valence-corrected chi connectivity index (χ3v) is 3.03. The maximum atomic E-state index is 12.3. The number of likely N-dealkylation sites (N-methyl/N-ethyl adjacent to an activating group) is 1. The fraction of sp³-hybridized carbons (Fsp3) is 0.429. The number of nitrogens with two attached hydrogens (primary N) is 1. The first-order valence-electron chi connectivity index (χ1n) is 6.20. The molecule has 1 rings (SSSR count). The van der Waals surface area contributed by atoms with Crippen molar-refractivity contribution in [3.8, 4) is 5.75 Å². The SMILES string of the molecule is CCN(CC(N)=O)C(=O)C(C)c1ccc(OC)cc1. The van der Waals surface area contributed by atoms with Crippen molar-refractivity contribution in [2.45, 2.75) is 19.8 Å². The quantitative estimate of drug-likeness (QED) is 0.837. The second-order valence-electron chi connectivity index (χ2n) is 4.31. The van der Waals surface area contributed by atoms with Crippen LogP contribution in [0.5, 0.6) is 5.75 Å². The normalized spacial score (nSPS) is 11.7. The lowest BCUT2D eigenvalue weighted by Gasteiger charge is -2.23. The standard InChI is InChI=1S/C14H20N2O3/c1-4-16(9-13(15)17)14(18)10(2)11-5-7-12(19-3)8-6-11/h5-8,10H,4,9H2,1-3H3,(H2,15,17). The highest BCUT2D eigenvalue weighted by molar-refractivity contribution is 5.87. The van der Waals surface area contributed by atoms with Crippen LogP contribution in [0.25, 0.3) is 0 Å². The van der Waals surface area contributed by atoms with E-state index in [1.54, 1.807) is 7.11 Å². The first-order valence-corrected chi connectivity index (χ1v) is 6.20. The molecule has 5 nitrogen and oxygen atoms in total. The maximum absolute atomic E-state index is 12.3. The molecule has 0 saturated heterocycles. The Balaban J connectivity index is 2.81. The largest absolute Gasteiger partial charge is 0.497 e. The molecule has 1 atom stereocenters. The second kappa shape index (κ2) is 6.78. The van der Waals surface area contributed by atoms with Gasteiger partial charge in [-0.15, -0.1) is 0 Å². The zero-order chi connectivity index (χ0) is 14.4. The van der Waals surface area contributed by atoms with E-state index in [1.165, 1.54) is 4.90 Å². The van der Waals surface area contributed by atoms with Crippen LogP contribution < -0.4 is 10.5 Å². The molecule has 0 spiro atoms. The van der Waals surface area contributed by atoms with Gasteiger partial charge < -0.3 is 15.4 Å². The monoisotopic (exact) mass is 264 g/mol. The van der Waals surface area contributed by atoms with Gasteiger partial charge in [-0.2, -0.15) is 0 Å². The van der Waals surface area contributed by atoms with Crippen molar-refractivity contribution in [2.75, 3.05) is 20.2 Å². The van der Waals surface area contributed by atoms with Crippen molar-refractivity contribution in [3.63, 3.8) is 0 Å². The van der Waals surface area contributed by atoms with Gasteiger partial charge in [0.05, 0.1) is 19.6 Å². The summed E-state index contributed by atoms with van der Waals surface area (Å²) in [7, 11) is 1.59. The average Bonchev–Trinajstić information content (AvgIpc) is 2.43. The fourth-order valence-corrected chi connectivity index (χ4v) is 1.84. The predicted molar refractivity (Wildman–Crippen MR) is 72.9 cm³/mol. The molecule has 0 fully saturated rings. The zero-order valence-corrected chi connectivity index (χ0v) is 11.6. The molecule has 2 N–H and O–H groups in total. The molecule has 0 saturated carbocycles. The Morgan fingerprint density at radius 3 is 2.32 bits per heavy atom. The number of benzene rings is 1. The molecule has 19 heavy (non-hydrogen) atoms. The molecule has 0 radical (unpaired) electrons. The first-order chi connectivity index (χ1) is 8.99. The van der Waals surface area contributed by atoms with Crippen LogP contribution in [0.3, 0.4) is 0 Å². The van der Waals surface area contributed by atoms with E-state index < -0.39 is 5.91 Å². The van der Waals surface area contributed by atoms with Gasteiger partial charge in [0.1, 0.15) is 5.75 Å². The van der Waals surface area contributed by atoms with E-state index in [0.717, 1.165) is 11.3 Å². The Morgan fingerprint density at radius 2 is 1.89 bits per heavy atom. The smallest absolute Gasteiger partial charge is 0.237 e. The number of hydrogen-bond acceptors (Lipinski definition) is 3.